The zero-order valence-corrected chi connectivity index (χ0v) is 21.8. The maximum absolute atomic E-state index is 12.9. The lowest BCUT2D eigenvalue weighted by molar-refractivity contribution is 0.0728. The lowest BCUT2D eigenvalue weighted by atomic mass is 10.1. The fraction of sp³-hybridized carbons (Fsp3) is 0.222. The zero-order chi connectivity index (χ0) is 27.7. The molecule has 0 aliphatic carbocycles. The molecule has 11 nitrogen and oxygen atoms in total. The Labute approximate surface area is 219 Å². The van der Waals surface area contributed by atoms with Crippen LogP contribution in [0.5, 0.6) is 40.2 Å². The van der Waals surface area contributed by atoms with Crippen molar-refractivity contribution in [3.05, 3.63) is 65.2 Å². The summed E-state index contributed by atoms with van der Waals surface area (Å²) in [5, 5.41) is 3.98. The summed E-state index contributed by atoms with van der Waals surface area (Å²) in [4.78, 5) is 25.3. The van der Waals surface area contributed by atoms with Gasteiger partial charge in [-0.25, -0.2) is 10.2 Å². The van der Waals surface area contributed by atoms with E-state index in [1.165, 1.54) is 61.0 Å². The molecule has 1 N–H and O–H groups in total. The quantitative estimate of drug-likeness (QED) is 0.173. The largest absolute Gasteiger partial charge is 0.493 e. The van der Waals surface area contributed by atoms with Crippen molar-refractivity contribution in [1.82, 2.24) is 5.43 Å². The molecule has 3 rings (SSSR count). The van der Waals surface area contributed by atoms with Crippen LogP contribution in [-0.2, 0) is 0 Å². The van der Waals surface area contributed by atoms with Crippen LogP contribution in [0.2, 0.25) is 0 Å². The van der Waals surface area contributed by atoms with E-state index < -0.39 is 11.9 Å². The van der Waals surface area contributed by atoms with Crippen LogP contribution in [0.3, 0.4) is 0 Å². The Hall–Kier alpha value is -4.93. The van der Waals surface area contributed by atoms with Crippen LogP contribution in [0.4, 0.5) is 0 Å². The van der Waals surface area contributed by atoms with Crippen molar-refractivity contribution in [1.29, 1.82) is 0 Å². The maximum atomic E-state index is 12.9. The average molecular weight is 525 g/mol. The van der Waals surface area contributed by atoms with Crippen LogP contribution in [0.1, 0.15) is 26.3 Å². The van der Waals surface area contributed by atoms with Gasteiger partial charge in [0.25, 0.3) is 5.91 Å². The minimum Gasteiger partial charge on any atom is -0.493 e. The van der Waals surface area contributed by atoms with E-state index in [0.29, 0.717) is 39.9 Å². The molecule has 0 unspecified atom stereocenters. The molecule has 0 bridgehead atoms. The fourth-order valence-corrected chi connectivity index (χ4v) is 3.41. The van der Waals surface area contributed by atoms with Crippen LogP contribution in [0.15, 0.2) is 53.6 Å². The molecule has 0 fully saturated rings. The van der Waals surface area contributed by atoms with Crippen molar-refractivity contribution in [2.75, 3.05) is 42.7 Å². The molecule has 0 spiro atoms. The van der Waals surface area contributed by atoms with E-state index in [9.17, 15) is 9.59 Å². The van der Waals surface area contributed by atoms with Crippen molar-refractivity contribution in [2.45, 2.75) is 0 Å². The van der Waals surface area contributed by atoms with Crippen molar-refractivity contribution >= 4 is 18.1 Å². The van der Waals surface area contributed by atoms with Crippen molar-refractivity contribution in [2.24, 2.45) is 5.10 Å². The van der Waals surface area contributed by atoms with E-state index in [1.54, 1.807) is 36.4 Å². The molecule has 11 heteroatoms. The molecule has 1 amide bonds. The van der Waals surface area contributed by atoms with Crippen molar-refractivity contribution < 1.29 is 42.7 Å². The highest BCUT2D eigenvalue weighted by molar-refractivity contribution is 5.96. The summed E-state index contributed by atoms with van der Waals surface area (Å²) in [6, 6.07) is 12.5. The molecular formula is C27H28N2O9. The fourth-order valence-electron chi connectivity index (χ4n) is 3.41. The number of hydrogen-bond acceptors (Lipinski definition) is 10. The highest BCUT2D eigenvalue weighted by Gasteiger charge is 2.20. The summed E-state index contributed by atoms with van der Waals surface area (Å²) in [5.74, 6) is 1.26. The second-order valence-corrected chi connectivity index (χ2v) is 7.48. The second-order valence-electron chi connectivity index (χ2n) is 7.48. The van der Waals surface area contributed by atoms with Gasteiger partial charge in [-0.05, 0) is 54.1 Å². The molecule has 200 valence electrons. The third-order valence-corrected chi connectivity index (χ3v) is 5.32. The summed E-state index contributed by atoms with van der Waals surface area (Å²) >= 11 is 0. The molecule has 0 atom stereocenters. The molecule has 38 heavy (non-hydrogen) atoms. The second kappa shape index (κ2) is 12.9. The van der Waals surface area contributed by atoms with Gasteiger partial charge in [0, 0.05) is 5.56 Å². The van der Waals surface area contributed by atoms with Gasteiger partial charge in [0.2, 0.25) is 5.75 Å². The third-order valence-electron chi connectivity index (χ3n) is 5.32. The van der Waals surface area contributed by atoms with Crippen LogP contribution in [0.25, 0.3) is 0 Å². The zero-order valence-electron chi connectivity index (χ0n) is 21.8. The van der Waals surface area contributed by atoms with Crippen LogP contribution >= 0.6 is 0 Å². The number of benzene rings is 3. The van der Waals surface area contributed by atoms with Gasteiger partial charge in [-0.1, -0.05) is 0 Å². The molecule has 0 aliphatic heterocycles. The van der Waals surface area contributed by atoms with E-state index in [2.05, 4.69) is 10.5 Å². The van der Waals surface area contributed by atoms with Crippen LogP contribution in [0, 0.1) is 0 Å². The summed E-state index contributed by atoms with van der Waals surface area (Å²) in [5.41, 5.74) is 3.56. The summed E-state index contributed by atoms with van der Waals surface area (Å²) < 4.78 is 37.2. The topological polar surface area (TPSA) is 123 Å². The average Bonchev–Trinajstić information content (AvgIpc) is 2.96. The maximum Gasteiger partial charge on any atom is 0.343 e. The molecule has 3 aromatic rings. The minimum absolute atomic E-state index is 0.178. The van der Waals surface area contributed by atoms with Crippen molar-refractivity contribution in [3.8, 4) is 40.2 Å². The number of methoxy groups -OCH3 is 6. The Balaban J connectivity index is 1.73. The lowest BCUT2D eigenvalue weighted by Gasteiger charge is -2.14. The third kappa shape index (κ3) is 6.25. The predicted octanol–water partition coefficient (Wildman–Crippen LogP) is 3.72. The van der Waals surface area contributed by atoms with E-state index in [1.807, 2.05) is 0 Å². The molecule has 0 radical (unpaired) electrons. The number of hydrogen-bond donors (Lipinski definition) is 1. The minimum atomic E-state index is -0.661. The molecule has 0 heterocycles. The summed E-state index contributed by atoms with van der Waals surface area (Å²) in [6.07, 6.45) is 1.42. The number of nitrogens with zero attached hydrogens (tertiary/aromatic N) is 1. The van der Waals surface area contributed by atoms with E-state index in [0.717, 1.165) is 0 Å². The van der Waals surface area contributed by atoms with Gasteiger partial charge in [0.05, 0.1) is 54.4 Å². The Bertz CT molecular complexity index is 1310. The molecule has 3 aromatic carbocycles. The number of esters is 1. The Kier molecular flexibility index (Phi) is 9.36. The number of hydrazone groups is 1. The predicted molar refractivity (Wildman–Crippen MR) is 139 cm³/mol. The SMILES string of the molecule is COc1ccc(C(=O)N/N=C/c2ccc(OC(=O)c3cc(OC)c(OC)c(OC)c3)c(OC)c2)cc1OC. The van der Waals surface area contributed by atoms with Gasteiger partial charge in [0.15, 0.2) is 34.5 Å². The number of nitrogens with one attached hydrogen (secondary N) is 1. The van der Waals surface area contributed by atoms with E-state index in [-0.39, 0.29) is 17.1 Å². The highest BCUT2D eigenvalue weighted by atomic mass is 16.6. The molecule has 0 saturated heterocycles. The van der Waals surface area contributed by atoms with E-state index >= 15 is 0 Å². The standard InChI is InChI=1S/C27H28N2O9/c1-32-19-10-8-17(12-22(19)34-3)26(30)29-28-15-16-7-9-20(21(11-16)33-2)38-27(31)18-13-23(35-4)25(37-6)24(14-18)36-5/h7-15H,1-6H3,(H,29,30)/b28-15+. The first-order valence-electron chi connectivity index (χ1n) is 11.1. The highest BCUT2D eigenvalue weighted by Crippen LogP contribution is 2.39. The van der Waals surface area contributed by atoms with Gasteiger partial charge in [-0.3, -0.25) is 4.79 Å². The number of ether oxygens (including phenoxy) is 7. The van der Waals surface area contributed by atoms with E-state index in [4.69, 9.17) is 33.2 Å². The normalized spacial score (nSPS) is 10.5. The number of carbonyl (C=O) groups is 2. The number of amides is 1. The smallest absolute Gasteiger partial charge is 0.343 e. The Morgan fingerprint density at radius 3 is 1.76 bits per heavy atom. The molecule has 0 aliphatic rings. The first-order valence-corrected chi connectivity index (χ1v) is 11.1. The van der Waals surface area contributed by atoms with Crippen molar-refractivity contribution in [3.63, 3.8) is 0 Å². The van der Waals surface area contributed by atoms with Gasteiger partial charge >= 0.3 is 5.97 Å². The lowest BCUT2D eigenvalue weighted by Crippen LogP contribution is -2.17. The molecule has 0 saturated carbocycles. The monoisotopic (exact) mass is 524 g/mol. The Morgan fingerprint density at radius 1 is 0.632 bits per heavy atom. The first kappa shape index (κ1) is 27.7. The van der Waals surface area contributed by atoms with Gasteiger partial charge in [0.1, 0.15) is 0 Å². The van der Waals surface area contributed by atoms with Gasteiger partial charge < -0.3 is 33.2 Å². The summed E-state index contributed by atoms with van der Waals surface area (Å²) in [6.45, 7) is 0. The number of carbonyl (C=O) groups excluding carboxylic acids is 2. The van der Waals surface area contributed by atoms with Gasteiger partial charge in [-0.15, -0.1) is 0 Å². The number of rotatable bonds is 11. The molecular weight excluding hydrogens is 496 g/mol. The van der Waals surface area contributed by atoms with Crippen LogP contribution in [-0.4, -0.2) is 60.7 Å². The Morgan fingerprint density at radius 2 is 1.18 bits per heavy atom. The van der Waals surface area contributed by atoms with Crippen LogP contribution < -0.4 is 38.6 Å². The first-order chi connectivity index (χ1) is 18.4. The summed E-state index contributed by atoms with van der Waals surface area (Å²) in [7, 11) is 8.80. The van der Waals surface area contributed by atoms with Gasteiger partial charge in [-0.2, -0.15) is 5.10 Å². The molecule has 0 aromatic heterocycles.